The number of rotatable bonds is 5. The number of carbonyl (C=O) groups is 1. The van der Waals surface area contributed by atoms with Crippen LogP contribution in [0.5, 0.6) is 0 Å². The van der Waals surface area contributed by atoms with E-state index in [1.54, 1.807) is 6.92 Å². The van der Waals surface area contributed by atoms with E-state index in [0.717, 1.165) is 19.0 Å². The number of hydrogen-bond donors (Lipinski definition) is 1. The Balaban J connectivity index is 2.21. The topological polar surface area (TPSA) is 59.2 Å². The Morgan fingerprint density at radius 1 is 1.61 bits per heavy atom. The van der Waals surface area contributed by atoms with Gasteiger partial charge in [-0.05, 0) is 31.2 Å². The standard InChI is InChI=1S/C13H16FNO3/c1-2-18-13(17)6-9(8-3-4-8)10-5-12(16)15-7-11(10)14/h5,7-9H,2-4,6H2,1H3,(H,15,16)/t9-/m0/s1. The summed E-state index contributed by atoms with van der Waals surface area (Å²) in [6.45, 7) is 2.05. The summed E-state index contributed by atoms with van der Waals surface area (Å²) in [5.41, 5.74) is -0.0183. The minimum atomic E-state index is -0.462. The lowest BCUT2D eigenvalue weighted by Crippen LogP contribution is -2.16. The van der Waals surface area contributed by atoms with Gasteiger partial charge in [-0.2, -0.15) is 0 Å². The van der Waals surface area contributed by atoms with Crippen molar-refractivity contribution in [2.45, 2.75) is 32.1 Å². The molecule has 0 aliphatic heterocycles. The zero-order valence-corrected chi connectivity index (χ0v) is 10.2. The van der Waals surface area contributed by atoms with E-state index >= 15 is 0 Å². The zero-order chi connectivity index (χ0) is 13.1. The smallest absolute Gasteiger partial charge is 0.306 e. The van der Waals surface area contributed by atoms with E-state index in [1.807, 2.05) is 0 Å². The summed E-state index contributed by atoms with van der Waals surface area (Å²) in [4.78, 5) is 25.1. The Labute approximate surface area is 104 Å². The van der Waals surface area contributed by atoms with Gasteiger partial charge in [0.25, 0.3) is 0 Å². The average molecular weight is 253 g/mol. The first-order valence-electron chi connectivity index (χ1n) is 6.15. The molecule has 1 saturated carbocycles. The highest BCUT2D eigenvalue weighted by atomic mass is 19.1. The van der Waals surface area contributed by atoms with Crippen LogP contribution < -0.4 is 5.56 Å². The van der Waals surface area contributed by atoms with Crippen LogP contribution in [0.3, 0.4) is 0 Å². The normalized spacial score (nSPS) is 16.3. The van der Waals surface area contributed by atoms with E-state index in [9.17, 15) is 14.0 Å². The third-order valence-corrected chi connectivity index (χ3v) is 3.19. The Kier molecular flexibility index (Phi) is 3.79. The lowest BCUT2D eigenvalue weighted by Gasteiger charge is -2.16. The van der Waals surface area contributed by atoms with Gasteiger partial charge >= 0.3 is 5.97 Å². The van der Waals surface area contributed by atoms with Gasteiger partial charge in [-0.15, -0.1) is 0 Å². The van der Waals surface area contributed by atoms with Crippen molar-refractivity contribution < 1.29 is 13.9 Å². The van der Waals surface area contributed by atoms with Crippen LogP contribution in [0.2, 0.25) is 0 Å². The lowest BCUT2D eigenvalue weighted by atomic mass is 9.91. The van der Waals surface area contributed by atoms with Gasteiger partial charge < -0.3 is 9.72 Å². The fourth-order valence-corrected chi connectivity index (χ4v) is 2.18. The second-order valence-electron chi connectivity index (χ2n) is 4.55. The number of H-pyrrole nitrogens is 1. The van der Waals surface area contributed by atoms with E-state index in [2.05, 4.69) is 4.98 Å². The molecule has 0 radical (unpaired) electrons. The SMILES string of the molecule is CCOC(=O)C[C@H](c1cc(=O)[nH]cc1F)C1CC1. The van der Waals surface area contributed by atoms with Gasteiger partial charge in [0.1, 0.15) is 5.82 Å². The number of nitrogens with one attached hydrogen (secondary N) is 1. The molecule has 1 aromatic heterocycles. The van der Waals surface area contributed by atoms with Crippen molar-refractivity contribution in [3.05, 3.63) is 34.0 Å². The van der Waals surface area contributed by atoms with Crippen LogP contribution in [0, 0.1) is 11.7 Å². The second kappa shape index (κ2) is 5.33. The number of hydrogen-bond acceptors (Lipinski definition) is 3. The molecule has 0 spiro atoms. The summed E-state index contributed by atoms with van der Waals surface area (Å²) in [5, 5.41) is 0. The number of aromatic nitrogens is 1. The molecule has 1 fully saturated rings. The monoisotopic (exact) mass is 253 g/mol. The van der Waals surface area contributed by atoms with Gasteiger partial charge in [0.2, 0.25) is 5.56 Å². The summed E-state index contributed by atoms with van der Waals surface area (Å²) in [6, 6.07) is 1.25. The first kappa shape index (κ1) is 12.8. The fraction of sp³-hybridized carbons (Fsp3) is 0.538. The van der Waals surface area contributed by atoms with Gasteiger partial charge in [0.15, 0.2) is 0 Å². The summed E-state index contributed by atoms with van der Waals surface area (Å²) >= 11 is 0. The van der Waals surface area contributed by atoms with E-state index in [0.29, 0.717) is 12.2 Å². The van der Waals surface area contributed by atoms with E-state index in [1.165, 1.54) is 6.07 Å². The van der Waals surface area contributed by atoms with Crippen molar-refractivity contribution >= 4 is 5.97 Å². The highest BCUT2D eigenvalue weighted by Crippen LogP contribution is 2.44. The fourth-order valence-electron chi connectivity index (χ4n) is 2.18. The molecule has 0 saturated heterocycles. The number of pyridine rings is 1. The molecule has 98 valence electrons. The molecule has 0 unspecified atom stereocenters. The first-order chi connectivity index (χ1) is 8.61. The predicted octanol–water partition coefficient (Wildman–Crippen LogP) is 1.96. The summed E-state index contributed by atoms with van der Waals surface area (Å²) in [6.07, 6.45) is 3.13. The third kappa shape index (κ3) is 2.97. The minimum absolute atomic E-state index is 0.138. The zero-order valence-electron chi connectivity index (χ0n) is 10.2. The van der Waals surface area contributed by atoms with Crippen molar-refractivity contribution in [3.8, 4) is 0 Å². The largest absolute Gasteiger partial charge is 0.466 e. The molecule has 18 heavy (non-hydrogen) atoms. The van der Waals surface area contributed by atoms with Crippen LogP contribution in [0.15, 0.2) is 17.1 Å². The maximum Gasteiger partial charge on any atom is 0.306 e. The second-order valence-corrected chi connectivity index (χ2v) is 4.55. The maximum atomic E-state index is 13.7. The maximum absolute atomic E-state index is 13.7. The van der Waals surface area contributed by atoms with Crippen molar-refractivity contribution in [1.82, 2.24) is 4.98 Å². The highest BCUT2D eigenvalue weighted by Gasteiger charge is 2.35. The molecule has 0 bridgehead atoms. The first-order valence-corrected chi connectivity index (χ1v) is 6.15. The lowest BCUT2D eigenvalue weighted by molar-refractivity contribution is -0.143. The van der Waals surface area contributed by atoms with E-state index < -0.39 is 5.82 Å². The molecule has 1 aliphatic carbocycles. The van der Waals surface area contributed by atoms with Gasteiger partial charge in [-0.3, -0.25) is 9.59 Å². The summed E-state index contributed by atoms with van der Waals surface area (Å²) in [7, 11) is 0. The van der Waals surface area contributed by atoms with Gasteiger partial charge in [0, 0.05) is 18.2 Å². The van der Waals surface area contributed by atoms with Crippen LogP contribution in [-0.2, 0) is 9.53 Å². The molecule has 1 N–H and O–H groups in total. The highest BCUT2D eigenvalue weighted by molar-refractivity contribution is 5.70. The predicted molar refractivity (Wildman–Crippen MR) is 63.7 cm³/mol. The number of halogens is 1. The van der Waals surface area contributed by atoms with Crippen molar-refractivity contribution in [2.24, 2.45) is 5.92 Å². The number of esters is 1. The molecule has 1 heterocycles. The van der Waals surface area contributed by atoms with Crippen LogP contribution in [0.25, 0.3) is 0 Å². The molecular weight excluding hydrogens is 237 g/mol. The van der Waals surface area contributed by atoms with Crippen molar-refractivity contribution in [3.63, 3.8) is 0 Å². The summed E-state index contributed by atoms with van der Waals surface area (Å²) < 4.78 is 18.6. The Morgan fingerprint density at radius 2 is 2.33 bits per heavy atom. The number of ether oxygens (including phenoxy) is 1. The molecule has 1 aromatic rings. The third-order valence-electron chi connectivity index (χ3n) is 3.19. The van der Waals surface area contributed by atoms with Crippen LogP contribution in [0.1, 0.15) is 37.7 Å². The van der Waals surface area contributed by atoms with E-state index in [4.69, 9.17) is 4.74 Å². The quantitative estimate of drug-likeness (QED) is 0.816. The Morgan fingerprint density at radius 3 is 2.94 bits per heavy atom. The van der Waals surface area contributed by atoms with Crippen LogP contribution in [-0.4, -0.2) is 17.6 Å². The molecule has 0 aromatic carbocycles. The summed E-state index contributed by atoms with van der Waals surface area (Å²) in [5.74, 6) is -0.762. The molecule has 0 amide bonds. The Bertz CT molecular complexity index is 493. The molecular formula is C13H16FNO3. The number of carbonyl (C=O) groups excluding carboxylic acids is 1. The van der Waals surface area contributed by atoms with Crippen molar-refractivity contribution in [1.29, 1.82) is 0 Å². The number of aromatic amines is 1. The molecule has 5 heteroatoms. The van der Waals surface area contributed by atoms with Crippen LogP contribution >= 0.6 is 0 Å². The Hall–Kier alpha value is -1.65. The van der Waals surface area contributed by atoms with Gasteiger partial charge in [0.05, 0.1) is 13.0 Å². The average Bonchev–Trinajstić information content (AvgIpc) is 3.14. The van der Waals surface area contributed by atoms with E-state index in [-0.39, 0.29) is 29.8 Å². The van der Waals surface area contributed by atoms with Gasteiger partial charge in [-0.1, -0.05) is 0 Å². The minimum Gasteiger partial charge on any atom is -0.466 e. The molecule has 2 rings (SSSR count). The van der Waals surface area contributed by atoms with Gasteiger partial charge in [-0.25, -0.2) is 4.39 Å². The molecule has 1 atom stereocenters. The molecule has 4 nitrogen and oxygen atoms in total. The molecule has 1 aliphatic rings. The van der Waals surface area contributed by atoms with Crippen molar-refractivity contribution in [2.75, 3.05) is 6.61 Å². The van der Waals surface area contributed by atoms with Crippen LogP contribution in [0.4, 0.5) is 4.39 Å².